The van der Waals surface area contributed by atoms with Crippen LogP contribution in [0.2, 0.25) is 0 Å². The van der Waals surface area contributed by atoms with Gasteiger partial charge >= 0.3 is 0 Å². The normalized spacial score (nSPS) is 22.8. The smallest absolute Gasteiger partial charge is 0.0592 e. The molecule has 0 spiro atoms. The van der Waals surface area contributed by atoms with E-state index in [0.717, 1.165) is 19.6 Å². The molecule has 0 saturated carbocycles. The van der Waals surface area contributed by atoms with E-state index in [-0.39, 0.29) is 0 Å². The average molecular weight is 245 g/mol. The van der Waals surface area contributed by atoms with Crippen molar-refractivity contribution in [3.63, 3.8) is 0 Å². The van der Waals surface area contributed by atoms with Crippen LogP contribution in [0.15, 0.2) is 18.2 Å². The Hall–Kier alpha value is -1.02. The van der Waals surface area contributed by atoms with Gasteiger partial charge in [0.1, 0.15) is 0 Å². The van der Waals surface area contributed by atoms with Crippen LogP contribution in [0.25, 0.3) is 0 Å². The molecule has 98 valence electrons. The van der Waals surface area contributed by atoms with Gasteiger partial charge in [0, 0.05) is 18.8 Å². The fourth-order valence-electron chi connectivity index (χ4n) is 3.19. The number of rotatable bonds is 4. The monoisotopic (exact) mass is 245 g/mol. The minimum atomic E-state index is 0.497. The fourth-order valence-corrected chi connectivity index (χ4v) is 3.19. The van der Waals surface area contributed by atoms with Crippen molar-refractivity contribution in [3.8, 4) is 0 Å². The number of benzene rings is 1. The average Bonchev–Trinajstić information content (AvgIpc) is 2.92. The first-order chi connectivity index (χ1) is 8.93. The molecule has 18 heavy (non-hydrogen) atoms. The highest BCUT2D eigenvalue weighted by molar-refractivity contribution is 5.55. The number of aryl methyl sites for hydroxylation is 1. The highest BCUT2D eigenvalue weighted by Gasteiger charge is 2.16. The number of anilines is 1. The van der Waals surface area contributed by atoms with Crippen LogP contribution in [0, 0.1) is 0 Å². The van der Waals surface area contributed by atoms with Crippen molar-refractivity contribution in [1.29, 1.82) is 0 Å². The highest BCUT2D eigenvalue weighted by atomic mass is 16.5. The van der Waals surface area contributed by atoms with Crippen LogP contribution in [0.1, 0.15) is 43.2 Å². The summed E-state index contributed by atoms with van der Waals surface area (Å²) in [5, 5.41) is 3.62. The molecule has 1 heterocycles. The van der Waals surface area contributed by atoms with Crippen molar-refractivity contribution in [2.24, 2.45) is 0 Å². The number of nitrogens with one attached hydrogen (secondary N) is 1. The van der Waals surface area contributed by atoms with Crippen LogP contribution in [-0.2, 0) is 17.6 Å². The van der Waals surface area contributed by atoms with E-state index in [0.29, 0.717) is 6.10 Å². The lowest BCUT2D eigenvalue weighted by Crippen LogP contribution is -2.14. The molecule has 1 aromatic carbocycles. The van der Waals surface area contributed by atoms with Gasteiger partial charge in [0.05, 0.1) is 6.10 Å². The number of fused-ring (bicyclic) bond motifs is 1. The molecule has 1 fully saturated rings. The zero-order valence-electron chi connectivity index (χ0n) is 11.1. The van der Waals surface area contributed by atoms with Crippen LogP contribution in [0.3, 0.4) is 0 Å². The molecule has 1 saturated heterocycles. The van der Waals surface area contributed by atoms with Gasteiger partial charge in [-0.2, -0.15) is 0 Å². The van der Waals surface area contributed by atoms with Crippen molar-refractivity contribution >= 4 is 5.69 Å². The first-order valence-corrected chi connectivity index (χ1v) is 7.40. The SMILES string of the molecule is c1cc2c(c(NCCC3CCCO3)c1)CCCC2. The van der Waals surface area contributed by atoms with Crippen LogP contribution in [0.5, 0.6) is 0 Å². The largest absolute Gasteiger partial charge is 0.385 e. The summed E-state index contributed by atoms with van der Waals surface area (Å²) in [5.41, 5.74) is 4.49. The van der Waals surface area contributed by atoms with Gasteiger partial charge in [0.15, 0.2) is 0 Å². The van der Waals surface area contributed by atoms with Crippen LogP contribution < -0.4 is 5.32 Å². The maximum atomic E-state index is 5.66. The Morgan fingerprint density at radius 1 is 1.17 bits per heavy atom. The molecule has 0 aromatic heterocycles. The van der Waals surface area contributed by atoms with Crippen molar-refractivity contribution in [3.05, 3.63) is 29.3 Å². The van der Waals surface area contributed by atoms with E-state index in [2.05, 4.69) is 23.5 Å². The van der Waals surface area contributed by atoms with Gasteiger partial charge in [-0.05, 0) is 62.1 Å². The molecular weight excluding hydrogens is 222 g/mol. The quantitative estimate of drug-likeness (QED) is 0.876. The molecule has 1 N–H and O–H groups in total. The van der Waals surface area contributed by atoms with Crippen LogP contribution >= 0.6 is 0 Å². The second-order valence-corrected chi connectivity index (χ2v) is 5.50. The molecular formula is C16H23NO. The maximum absolute atomic E-state index is 5.66. The third-order valence-corrected chi connectivity index (χ3v) is 4.20. The standard InChI is InChI=1S/C16H23NO/c1-2-8-15-13(5-1)6-3-9-16(15)17-11-10-14-7-4-12-18-14/h3,6,9,14,17H,1-2,4-5,7-8,10-12H2. The molecule has 2 nitrogen and oxygen atoms in total. The second-order valence-electron chi connectivity index (χ2n) is 5.50. The molecule has 1 aliphatic carbocycles. The van der Waals surface area contributed by atoms with Gasteiger partial charge in [-0.3, -0.25) is 0 Å². The third kappa shape index (κ3) is 2.69. The predicted octanol–water partition coefficient (Wildman–Crippen LogP) is 3.55. The first-order valence-electron chi connectivity index (χ1n) is 7.40. The van der Waals surface area contributed by atoms with Crippen LogP contribution in [0.4, 0.5) is 5.69 Å². The summed E-state index contributed by atoms with van der Waals surface area (Å²) in [4.78, 5) is 0. The van der Waals surface area contributed by atoms with E-state index in [1.165, 1.54) is 44.2 Å². The van der Waals surface area contributed by atoms with E-state index in [1.54, 1.807) is 11.1 Å². The Labute approximate surface area is 110 Å². The predicted molar refractivity (Wildman–Crippen MR) is 75.2 cm³/mol. The van der Waals surface area contributed by atoms with Gasteiger partial charge in [-0.1, -0.05) is 12.1 Å². The summed E-state index contributed by atoms with van der Waals surface area (Å²) in [6.45, 7) is 2.01. The zero-order chi connectivity index (χ0) is 12.2. The topological polar surface area (TPSA) is 21.3 Å². The van der Waals surface area contributed by atoms with E-state index in [4.69, 9.17) is 4.74 Å². The lowest BCUT2D eigenvalue weighted by Gasteiger charge is -2.20. The summed E-state index contributed by atoms with van der Waals surface area (Å²) in [6.07, 6.45) is 9.33. The molecule has 2 heteroatoms. The Kier molecular flexibility index (Phi) is 3.84. The maximum Gasteiger partial charge on any atom is 0.0592 e. The number of hydrogen-bond acceptors (Lipinski definition) is 2. The number of ether oxygens (including phenoxy) is 1. The summed E-state index contributed by atoms with van der Waals surface area (Å²) < 4.78 is 5.66. The van der Waals surface area contributed by atoms with E-state index in [1.807, 2.05) is 0 Å². The molecule has 2 aliphatic rings. The minimum Gasteiger partial charge on any atom is -0.385 e. The van der Waals surface area contributed by atoms with Gasteiger partial charge < -0.3 is 10.1 Å². The molecule has 1 aromatic rings. The van der Waals surface area contributed by atoms with Gasteiger partial charge in [-0.15, -0.1) is 0 Å². The molecule has 1 atom stereocenters. The summed E-state index contributed by atoms with van der Waals surface area (Å²) in [7, 11) is 0. The molecule has 0 radical (unpaired) electrons. The number of hydrogen-bond donors (Lipinski definition) is 1. The Morgan fingerprint density at radius 3 is 3.00 bits per heavy atom. The van der Waals surface area contributed by atoms with E-state index < -0.39 is 0 Å². The molecule has 0 amide bonds. The molecule has 1 unspecified atom stereocenters. The summed E-state index contributed by atoms with van der Waals surface area (Å²) in [6, 6.07) is 6.72. The minimum absolute atomic E-state index is 0.497. The van der Waals surface area contributed by atoms with Crippen molar-refractivity contribution in [2.45, 2.75) is 51.0 Å². The lowest BCUT2D eigenvalue weighted by molar-refractivity contribution is 0.107. The fraction of sp³-hybridized carbons (Fsp3) is 0.625. The summed E-state index contributed by atoms with van der Waals surface area (Å²) in [5.74, 6) is 0. The Morgan fingerprint density at radius 2 is 2.11 bits per heavy atom. The highest BCUT2D eigenvalue weighted by Crippen LogP contribution is 2.28. The van der Waals surface area contributed by atoms with Gasteiger partial charge in [0.2, 0.25) is 0 Å². The van der Waals surface area contributed by atoms with Gasteiger partial charge in [-0.25, -0.2) is 0 Å². The van der Waals surface area contributed by atoms with E-state index >= 15 is 0 Å². The van der Waals surface area contributed by atoms with Crippen molar-refractivity contribution in [2.75, 3.05) is 18.5 Å². The first kappa shape index (κ1) is 12.0. The van der Waals surface area contributed by atoms with Crippen LogP contribution in [-0.4, -0.2) is 19.3 Å². The van der Waals surface area contributed by atoms with Gasteiger partial charge in [0.25, 0.3) is 0 Å². The lowest BCUT2D eigenvalue weighted by atomic mass is 9.90. The molecule has 1 aliphatic heterocycles. The third-order valence-electron chi connectivity index (χ3n) is 4.20. The Bertz CT molecular complexity index is 396. The zero-order valence-corrected chi connectivity index (χ0v) is 11.1. The second kappa shape index (κ2) is 5.75. The van der Waals surface area contributed by atoms with E-state index in [9.17, 15) is 0 Å². The van der Waals surface area contributed by atoms with Crippen molar-refractivity contribution in [1.82, 2.24) is 0 Å². The van der Waals surface area contributed by atoms with Crippen molar-refractivity contribution < 1.29 is 4.74 Å². The Balaban J connectivity index is 1.58. The molecule has 3 rings (SSSR count). The summed E-state index contributed by atoms with van der Waals surface area (Å²) >= 11 is 0. The molecule has 0 bridgehead atoms.